The number of hydrogen-bond acceptors (Lipinski definition) is 3. The standard InChI is InChI=1S/C11H13NOS2/c1-2-3-6-14-7-9-11(13)10-8(15-9)4-5-12-10/h4-5,7,12H,2-3,6H2,1H3/b9-7-. The third-order valence-corrected chi connectivity index (χ3v) is 4.34. The molecule has 0 fully saturated rings. The van der Waals surface area contributed by atoms with Crippen LogP contribution in [0.25, 0.3) is 0 Å². The lowest BCUT2D eigenvalue weighted by molar-refractivity contribution is 0.103. The summed E-state index contributed by atoms with van der Waals surface area (Å²) in [6, 6.07) is 1.95. The molecule has 0 unspecified atom stereocenters. The van der Waals surface area contributed by atoms with Crippen LogP contribution in [0, 0.1) is 0 Å². The number of unbranched alkanes of at least 4 members (excludes halogenated alkanes) is 1. The minimum Gasteiger partial charge on any atom is -0.358 e. The van der Waals surface area contributed by atoms with Crippen molar-refractivity contribution in [3.05, 3.63) is 28.3 Å². The molecule has 1 aromatic rings. The van der Waals surface area contributed by atoms with Crippen LogP contribution in [0.4, 0.5) is 0 Å². The monoisotopic (exact) mass is 239 g/mol. The van der Waals surface area contributed by atoms with Gasteiger partial charge in [0.25, 0.3) is 0 Å². The number of Topliss-reactive ketones (excluding diaryl/α,β-unsaturated/α-hetero) is 1. The molecule has 15 heavy (non-hydrogen) atoms. The van der Waals surface area contributed by atoms with Crippen molar-refractivity contribution in [1.82, 2.24) is 4.98 Å². The molecular weight excluding hydrogens is 226 g/mol. The highest BCUT2D eigenvalue weighted by Crippen LogP contribution is 2.40. The second kappa shape index (κ2) is 4.94. The van der Waals surface area contributed by atoms with Crippen molar-refractivity contribution in [2.45, 2.75) is 24.7 Å². The van der Waals surface area contributed by atoms with Gasteiger partial charge in [0.15, 0.2) is 0 Å². The Balaban J connectivity index is 1.97. The third-order valence-electron chi connectivity index (χ3n) is 2.19. The van der Waals surface area contributed by atoms with Crippen molar-refractivity contribution in [2.24, 2.45) is 0 Å². The zero-order valence-corrected chi connectivity index (χ0v) is 10.2. The number of aromatic amines is 1. The maximum Gasteiger partial charge on any atom is 0.217 e. The number of carbonyl (C=O) groups is 1. The van der Waals surface area contributed by atoms with Crippen molar-refractivity contribution in [2.75, 3.05) is 5.75 Å². The number of fused-ring (bicyclic) bond motifs is 1. The van der Waals surface area contributed by atoms with E-state index in [2.05, 4.69) is 11.9 Å². The molecule has 0 aromatic carbocycles. The van der Waals surface area contributed by atoms with Crippen molar-refractivity contribution < 1.29 is 4.79 Å². The largest absolute Gasteiger partial charge is 0.358 e. The van der Waals surface area contributed by atoms with E-state index in [0.29, 0.717) is 0 Å². The van der Waals surface area contributed by atoms with E-state index in [4.69, 9.17) is 0 Å². The van der Waals surface area contributed by atoms with Gasteiger partial charge < -0.3 is 4.98 Å². The first kappa shape index (κ1) is 10.9. The highest BCUT2D eigenvalue weighted by molar-refractivity contribution is 8.07. The summed E-state index contributed by atoms with van der Waals surface area (Å²) in [6.07, 6.45) is 4.23. The lowest BCUT2D eigenvalue weighted by atomic mass is 10.3. The molecule has 1 aromatic heterocycles. The second-order valence-corrected chi connectivity index (χ2v) is 5.42. The van der Waals surface area contributed by atoms with E-state index in [1.54, 1.807) is 23.5 Å². The number of rotatable bonds is 4. The fourth-order valence-electron chi connectivity index (χ4n) is 1.35. The maximum atomic E-state index is 11.8. The van der Waals surface area contributed by atoms with Crippen molar-refractivity contribution >= 4 is 29.3 Å². The molecule has 0 saturated carbocycles. The van der Waals surface area contributed by atoms with Gasteiger partial charge >= 0.3 is 0 Å². The summed E-state index contributed by atoms with van der Waals surface area (Å²) in [4.78, 5) is 16.7. The van der Waals surface area contributed by atoms with Crippen molar-refractivity contribution in [1.29, 1.82) is 0 Å². The molecule has 80 valence electrons. The van der Waals surface area contributed by atoms with Crippen LogP contribution in [0.3, 0.4) is 0 Å². The molecule has 2 nitrogen and oxygen atoms in total. The van der Waals surface area contributed by atoms with Gasteiger partial charge in [0, 0.05) is 11.1 Å². The zero-order chi connectivity index (χ0) is 10.7. The van der Waals surface area contributed by atoms with E-state index in [-0.39, 0.29) is 5.78 Å². The summed E-state index contributed by atoms with van der Waals surface area (Å²) < 4.78 is 0. The summed E-state index contributed by atoms with van der Waals surface area (Å²) in [5, 5.41) is 2.00. The molecule has 2 heterocycles. The second-order valence-electron chi connectivity index (χ2n) is 3.35. The van der Waals surface area contributed by atoms with Gasteiger partial charge in [-0.15, -0.1) is 11.8 Å². The van der Waals surface area contributed by atoms with Crippen LogP contribution in [0.5, 0.6) is 0 Å². The number of carbonyl (C=O) groups excluding carboxylic acids is 1. The van der Waals surface area contributed by atoms with E-state index in [1.807, 2.05) is 17.7 Å². The Morgan fingerprint density at radius 3 is 3.20 bits per heavy atom. The normalized spacial score (nSPS) is 17.4. The zero-order valence-electron chi connectivity index (χ0n) is 8.58. The number of thioether (sulfide) groups is 2. The summed E-state index contributed by atoms with van der Waals surface area (Å²) in [6.45, 7) is 2.17. The van der Waals surface area contributed by atoms with Crippen LogP contribution in [-0.4, -0.2) is 16.5 Å². The molecule has 0 radical (unpaired) electrons. The first-order valence-corrected chi connectivity index (χ1v) is 6.91. The number of hydrogen-bond donors (Lipinski definition) is 1. The Morgan fingerprint density at radius 1 is 1.60 bits per heavy atom. The predicted molar refractivity (Wildman–Crippen MR) is 66.4 cm³/mol. The fourth-order valence-corrected chi connectivity index (χ4v) is 3.40. The van der Waals surface area contributed by atoms with Gasteiger partial charge in [0.2, 0.25) is 5.78 Å². The molecule has 1 aliphatic heterocycles. The van der Waals surface area contributed by atoms with Crippen LogP contribution < -0.4 is 0 Å². The van der Waals surface area contributed by atoms with E-state index in [0.717, 1.165) is 21.2 Å². The van der Waals surface area contributed by atoms with Crippen LogP contribution in [0.15, 0.2) is 27.5 Å². The van der Waals surface area contributed by atoms with Crippen LogP contribution in [0.2, 0.25) is 0 Å². The summed E-state index contributed by atoms with van der Waals surface area (Å²) >= 11 is 3.30. The molecule has 0 bridgehead atoms. The summed E-state index contributed by atoms with van der Waals surface area (Å²) in [7, 11) is 0. The number of allylic oxidation sites excluding steroid dienone is 1. The molecule has 0 aliphatic carbocycles. The van der Waals surface area contributed by atoms with E-state index in [1.165, 1.54) is 12.8 Å². The van der Waals surface area contributed by atoms with Gasteiger partial charge in [0.1, 0.15) is 5.69 Å². The van der Waals surface area contributed by atoms with E-state index < -0.39 is 0 Å². The SMILES string of the molecule is CCCCS/C=C1\Sc2cc[nH]c2C1=O. The van der Waals surface area contributed by atoms with Gasteiger partial charge in [-0.25, -0.2) is 0 Å². The quantitative estimate of drug-likeness (QED) is 0.642. The number of nitrogens with one attached hydrogen (secondary N) is 1. The predicted octanol–water partition coefficient (Wildman–Crippen LogP) is 3.68. The molecule has 0 amide bonds. The van der Waals surface area contributed by atoms with Crippen molar-refractivity contribution in [3.63, 3.8) is 0 Å². The number of aromatic nitrogens is 1. The number of H-pyrrole nitrogens is 1. The Hall–Kier alpha value is -0.610. The van der Waals surface area contributed by atoms with Gasteiger partial charge in [-0.1, -0.05) is 25.1 Å². The van der Waals surface area contributed by atoms with Crippen molar-refractivity contribution in [3.8, 4) is 0 Å². The van der Waals surface area contributed by atoms with Gasteiger partial charge in [-0.2, -0.15) is 0 Å². The minimum absolute atomic E-state index is 0.143. The molecule has 0 saturated heterocycles. The van der Waals surface area contributed by atoms with Gasteiger partial charge in [-0.05, 0) is 23.6 Å². The Morgan fingerprint density at radius 2 is 2.47 bits per heavy atom. The first-order chi connectivity index (χ1) is 7.33. The first-order valence-electron chi connectivity index (χ1n) is 5.04. The topological polar surface area (TPSA) is 32.9 Å². The molecule has 0 atom stereocenters. The van der Waals surface area contributed by atoms with Gasteiger partial charge in [0.05, 0.1) is 4.91 Å². The molecular formula is C11H13NOS2. The smallest absolute Gasteiger partial charge is 0.217 e. The minimum atomic E-state index is 0.143. The van der Waals surface area contributed by atoms with E-state index >= 15 is 0 Å². The highest BCUT2D eigenvalue weighted by Gasteiger charge is 2.26. The van der Waals surface area contributed by atoms with E-state index in [9.17, 15) is 4.79 Å². The average Bonchev–Trinajstić information content (AvgIpc) is 2.78. The summed E-state index contributed by atoms with van der Waals surface area (Å²) in [5.41, 5.74) is 0.752. The van der Waals surface area contributed by atoms with Crippen LogP contribution >= 0.6 is 23.5 Å². The Bertz CT molecular complexity index is 395. The molecule has 2 rings (SSSR count). The lowest BCUT2D eigenvalue weighted by Gasteiger charge is -1.95. The lowest BCUT2D eigenvalue weighted by Crippen LogP contribution is -1.94. The van der Waals surface area contributed by atoms with Crippen LogP contribution in [0.1, 0.15) is 30.3 Å². The Kier molecular flexibility index (Phi) is 3.59. The summed E-state index contributed by atoms with van der Waals surface area (Å²) in [5.74, 6) is 1.24. The third kappa shape index (κ3) is 2.32. The molecule has 1 aliphatic rings. The Labute approximate surface area is 97.9 Å². The highest BCUT2D eigenvalue weighted by atomic mass is 32.2. The fraction of sp³-hybridized carbons (Fsp3) is 0.364. The molecule has 1 N–H and O–H groups in total. The average molecular weight is 239 g/mol. The van der Waals surface area contributed by atoms with Crippen LogP contribution in [-0.2, 0) is 0 Å². The maximum absolute atomic E-state index is 11.8. The molecule has 0 spiro atoms. The molecule has 4 heteroatoms. The number of ketones is 1. The van der Waals surface area contributed by atoms with Gasteiger partial charge in [-0.3, -0.25) is 4.79 Å².